The van der Waals surface area contributed by atoms with Crippen LogP contribution in [0.5, 0.6) is 0 Å². The highest BCUT2D eigenvalue weighted by atomic mass is 16.5. The van der Waals surface area contributed by atoms with Crippen LogP contribution in [0.25, 0.3) is 5.57 Å². The Hall–Kier alpha value is -1.83. The molecule has 2 nitrogen and oxygen atoms in total. The molecule has 4 atom stereocenters. The Morgan fingerprint density at radius 3 is 2.62 bits per heavy atom. The molecule has 0 aromatic heterocycles. The summed E-state index contributed by atoms with van der Waals surface area (Å²) in [5, 5.41) is 0. The van der Waals surface area contributed by atoms with Gasteiger partial charge in [-0.3, -0.25) is 0 Å². The number of allylic oxidation sites excluding steroid dienone is 3. The van der Waals surface area contributed by atoms with Gasteiger partial charge in [-0.05, 0) is 55.1 Å². The third-order valence-electron chi connectivity index (χ3n) is 6.57. The topological polar surface area (TPSA) is 26.3 Å². The number of carbonyl (C=O) groups excluding carboxylic acids is 1. The summed E-state index contributed by atoms with van der Waals surface area (Å²) >= 11 is 0. The summed E-state index contributed by atoms with van der Waals surface area (Å²) in [6.07, 6.45) is 10.3. The van der Waals surface area contributed by atoms with E-state index in [9.17, 15) is 4.79 Å². The van der Waals surface area contributed by atoms with E-state index < -0.39 is 0 Å². The summed E-state index contributed by atoms with van der Waals surface area (Å²) in [6, 6.07) is 10.5. The number of ether oxygens (including phenoxy) is 1. The van der Waals surface area contributed by atoms with Crippen molar-refractivity contribution in [3.8, 4) is 0 Å². The first-order chi connectivity index (χ1) is 12.8. The molecule has 0 heterocycles. The van der Waals surface area contributed by atoms with E-state index in [0.29, 0.717) is 30.3 Å². The van der Waals surface area contributed by atoms with Gasteiger partial charge in [0.15, 0.2) is 0 Å². The van der Waals surface area contributed by atoms with E-state index >= 15 is 0 Å². The zero-order valence-corrected chi connectivity index (χ0v) is 16.0. The van der Waals surface area contributed by atoms with Crippen molar-refractivity contribution in [3.63, 3.8) is 0 Å². The van der Waals surface area contributed by atoms with E-state index in [2.05, 4.69) is 37.3 Å². The first kappa shape index (κ1) is 17.6. The van der Waals surface area contributed by atoms with Crippen LogP contribution < -0.4 is 0 Å². The lowest BCUT2D eigenvalue weighted by Gasteiger charge is -2.43. The standard InChI is InChI=1S/C24H30O2/c1-3-5-6-8-13-17-14-18-15-19(17)22-21(18)20(16-11-9-7-10-12-16)23(22)24(25)26-4-2/h7,9-12,14,18-19,21-22H,3-6,8,13,15H2,1-2H3/t18-,19-,21-,22-/m1/s1. The fraction of sp³-hybridized carbons (Fsp3) is 0.542. The fourth-order valence-electron chi connectivity index (χ4n) is 5.54. The van der Waals surface area contributed by atoms with E-state index in [0.717, 1.165) is 5.57 Å². The van der Waals surface area contributed by atoms with Crippen LogP contribution in [0.15, 0.2) is 47.6 Å². The summed E-state index contributed by atoms with van der Waals surface area (Å²) in [4.78, 5) is 12.7. The average Bonchev–Trinajstić information content (AvgIpc) is 3.14. The van der Waals surface area contributed by atoms with Gasteiger partial charge in [0.2, 0.25) is 0 Å². The third kappa shape index (κ3) is 2.84. The van der Waals surface area contributed by atoms with Gasteiger partial charge in [0, 0.05) is 11.5 Å². The molecule has 4 rings (SSSR count). The van der Waals surface area contributed by atoms with Gasteiger partial charge in [-0.25, -0.2) is 4.79 Å². The Morgan fingerprint density at radius 1 is 1.08 bits per heavy atom. The summed E-state index contributed by atoms with van der Waals surface area (Å²) in [7, 11) is 0. The molecule has 2 bridgehead atoms. The van der Waals surface area contributed by atoms with Gasteiger partial charge < -0.3 is 4.74 Å². The van der Waals surface area contributed by atoms with E-state index in [1.165, 1.54) is 49.7 Å². The number of fused-ring (bicyclic) bond motifs is 5. The van der Waals surface area contributed by atoms with Gasteiger partial charge in [-0.15, -0.1) is 0 Å². The molecule has 0 radical (unpaired) electrons. The van der Waals surface area contributed by atoms with Crippen LogP contribution in [-0.4, -0.2) is 12.6 Å². The zero-order chi connectivity index (χ0) is 18.1. The van der Waals surface area contributed by atoms with Crippen LogP contribution in [-0.2, 0) is 9.53 Å². The van der Waals surface area contributed by atoms with E-state index in [4.69, 9.17) is 4.74 Å². The minimum atomic E-state index is -0.0783. The van der Waals surface area contributed by atoms with Crippen molar-refractivity contribution >= 4 is 11.5 Å². The SMILES string of the molecule is CCCCCCC1=C[C@@H]2C[C@H]1[C@H]1C(C(=O)OCC)=C(c3ccccc3)[C@H]12. The molecule has 3 aliphatic carbocycles. The number of rotatable bonds is 8. The molecule has 1 aromatic carbocycles. The molecule has 1 saturated carbocycles. The summed E-state index contributed by atoms with van der Waals surface area (Å²) < 4.78 is 5.45. The van der Waals surface area contributed by atoms with Crippen LogP contribution in [0, 0.1) is 23.7 Å². The quantitative estimate of drug-likeness (QED) is 0.337. The molecule has 0 amide bonds. The lowest BCUT2D eigenvalue weighted by Crippen LogP contribution is -2.38. The molecule has 1 fully saturated rings. The molecule has 3 aliphatic rings. The number of esters is 1. The fourth-order valence-corrected chi connectivity index (χ4v) is 5.54. The molecule has 0 saturated heterocycles. The molecular weight excluding hydrogens is 320 g/mol. The number of carbonyl (C=O) groups is 1. The molecule has 2 heteroatoms. The number of benzene rings is 1. The second-order valence-electron chi connectivity index (χ2n) is 8.02. The molecule has 0 spiro atoms. The summed E-state index contributed by atoms with van der Waals surface area (Å²) in [6.45, 7) is 4.61. The third-order valence-corrected chi connectivity index (χ3v) is 6.57. The van der Waals surface area contributed by atoms with E-state index in [1.807, 2.05) is 13.0 Å². The van der Waals surface area contributed by atoms with Crippen LogP contribution in [0.2, 0.25) is 0 Å². The Morgan fingerprint density at radius 2 is 1.88 bits per heavy atom. The predicted molar refractivity (Wildman–Crippen MR) is 105 cm³/mol. The van der Waals surface area contributed by atoms with Gasteiger partial charge in [-0.2, -0.15) is 0 Å². The Balaban J connectivity index is 1.57. The minimum absolute atomic E-state index is 0.0783. The van der Waals surface area contributed by atoms with Crippen molar-refractivity contribution < 1.29 is 9.53 Å². The van der Waals surface area contributed by atoms with Crippen molar-refractivity contribution in [3.05, 3.63) is 53.1 Å². The van der Waals surface area contributed by atoms with Crippen molar-refractivity contribution in [2.45, 2.75) is 52.4 Å². The second-order valence-corrected chi connectivity index (χ2v) is 8.02. The summed E-state index contributed by atoms with van der Waals surface area (Å²) in [5.74, 6) is 2.06. The Labute approximate surface area is 157 Å². The molecule has 26 heavy (non-hydrogen) atoms. The molecule has 138 valence electrons. The number of hydrogen-bond donors (Lipinski definition) is 0. The lowest BCUT2D eigenvalue weighted by molar-refractivity contribution is -0.139. The first-order valence-corrected chi connectivity index (χ1v) is 10.4. The Kier molecular flexibility index (Phi) is 5.02. The number of unbranched alkanes of at least 4 members (excludes halogenated alkanes) is 3. The van der Waals surface area contributed by atoms with Gasteiger partial charge in [0.1, 0.15) is 0 Å². The molecule has 1 aromatic rings. The molecule has 0 unspecified atom stereocenters. The maximum absolute atomic E-state index is 12.7. The lowest BCUT2D eigenvalue weighted by atomic mass is 9.59. The highest BCUT2D eigenvalue weighted by Crippen LogP contribution is 2.66. The van der Waals surface area contributed by atoms with E-state index in [-0.39, 0.29) is 5.97 Å². The van der Waals surface area contributed by atoms with Crippen molar-refractivity contribution in [2.24, 2.45) is 23.7 Å². The maximum atomic E-state index is 12.7. The van der Waals surface area contributed by atoms with Crippen molar-refractivity contribution in [1.29, 1.82) is 0 Å². The summed E-state index contributed by atoms with van der Waals surface area (Å²) in [5.41, 5.74) is 5.08. The Bertz CT molecular complexity index is 728. The van der Waals surface area contributed by atoms with Gasteiger partial charge in [0.05, 0.1) is 6.61 Å². The minimum Gasteiger partial charge on any atom is -0.463 e. The normalized spacial score (nSPS) is 28.6. The van der Waals surface area contributed by atoms with Crippen molar-refractivity contribution in [1.82, 2.24) is 0 Å². The molecule has 0 N–H and O–H groups in total. The molecular formula is C24H30O2. The van der Waals surface area contributed by atoms with Crippen LogP contribution in [0.4, 0.5) is 0 Å². The monoisotopic (exact) mass is 350 g/mol. The largest absolute Gasteiger partial charge is 0.463 e. The van der Waals surface area contributed by atoms with Gasteiger partial charge in [0.25, 0.3) is 0 Å². The van der Waals surface area contributed by atoms with E-state index in [1.54, 1.807) is 5.57 Å². The first-order valence-electron chi connectivity index (χ1n) is 10.4. The number of hydrogen-bond acceptors (Lipinski definition) is 2. The maximum Gasteiger partial charge on any atom is 0.334 e. The highest BCUT2D eigenvalue weighted by Gasteiger charge is 2.59. The zero-order valence-electron chi connectivity index (χ0n) is 16.0. The highest BCUT2D eigenvalue weighted by molar-refractivity contribution is 6.03. The van der Waals surface area contributed by atoms with Gasteiger partial charge >= 0.3 is 5.97 Å². The molecule has 0 aliphatic heterocycles. The van der Waals surface area contributed by atoms with Crippen molar-refractivity contribution in [2.75, 3.05) is 6.61 Å². The van der Waals surface area contributed by atoms with Crippen LogP contribution in [0.1, 0.15) is 57.9 Å². The van der Waals surface area contributed by atoms with Crippen LogP contribution >= 0.6 is 0 Å². The smallest absolute Gasteiger partial charge is 0.334 e. The average molecular weight is 351 g/mol. The van der Waals surface area contributed by atoms with Gasteiger partial charge in [-0.1, -0.05) is 68.2 Å². The predicted octanol–water partition coefficient (Wildman–Crippen LogP) is 5.80. The van der Waals surface area contributed by atoms with Crippen LogP contribution in [0.3, 0.4) is 0 Å². The second kappa shape index (κ2) is 7.42.